The monoisotopic (exact) mass is 231 g/mol. The van der Waals surface area contributed by atoms with Crippen LogP contribution in [0.15, 0.2) is 24.3 Å². The second kappa shape index (κ2) is 6.66. The van der Waals surface area contributed by atoms with Crippen molar-refractivity contribution in [3.63, 3.8) is 0 Å². The van der Waals surface area contributed by atoms with E-state index in [1.807, 2.05) is 19.1 Å². The van der Waals surface area contributed by atoms with Gasteiger partial charge in [-0.05, 0) is 30.7 Å². The van der Waals surface area contributed by atoms with Gasteiger partial charge in [-0.25, -0.2) is 0 Å². The van der Waals surface area contributed by atoms with Gasteiger partial charge in [0, 0.05) is 12.5 Å². The summed E-state index contributed by atoms with van der Waals surface area (Å²) in [4.78, 5) is 11.6. The summed E-state index contributed by atoms with van der Waals surface area (Å²) in [6, 6.07) is 9.21. The van der Waals surface area contributed by atoms with Crippen LogP contribution in [0.4, 0.5) is 0 Å². The van der Waals surface area contributed by atoms with Crippen LogP contribution in [0.1, 0.15) is 24.5 Å². The van der Waals surface area contributed by atoms with E-state index in [1.54, 1.807) is 12.1 Å². The van der Waals surface area contributed by atoms with E-state index in [-0.39, 0.29) is 11.8 Å². The van der Waals surface area contributed by atoms with Gasteiger partial charge in [0.2, 0.25) is 5.91 Å². The summed E-state index contributed by atoms with van der Waals surface area (Å²) in [5.74, 6) is -0.0433. The smallest absolute Gasteiger partial charge is 0.223 e. The third-order valence-electron chi connectivity index (χ3n) is 2.60. The first-order chi connectivity index (χ1) is 8.17. The molecule has 0 saturated carbocycles. The van der Waals surface area contributed by atoms with Crippen molar-refractivity contribution in [1.29, 1.82) is 5.26 Å². The molecule has 0 aliphatic heterocycles. The first-order valence-corrected chi connectivity index (χ1v) is 5.64. The Morgan fingerprint density at radius 3 is 2.65 bits per heavy atom. The lowest BCUT2D eigenvalue weighted by atomic mass is 10.1. The molecule has 0 aliphatic carbocycles. The summed E-state index contributed by atoms with van der Waals surface area (Å²) in [5.41, 5.74) is 7.00. The third kappa shape index (κ3) is 4.25. The van der Waals surface area contributed by atoms with Crippen LogP contribution in [0.25, 0.3) is 0 Å². The van der Waals surface area contributed by atoms with Gasteiger partial charge in [0.1, 0.15) is 0 Å². The van der Waals surface area contributed by atoms with Crippen molar-refractivity contribution >= 4 is 5.91 Å². The average molecular weight is 231 g/mol. The average Bonchev–Trinajstić information content (AvgIpc) is 2.36. The van der Waals surface area contributed by atoms with Gasteiger partial charge in [-0.15, -0.1) is 0 Å². The highest BCUT2D eigenvalue weighted by Gasteiger charge is 2.10. The van der Waals surface area contributed by atoms with E-state index in [4.69, 9.17) is 11.0 Å². The third-order valence-corrected chi connectivity index (χ3v) is 2.60. The van der Waals surface area contributed by atoms with Crippen LogP contribution in [0, 0.1) is 17.2 Å². The standard InChI is InChI=1S/C13H17N3O/c1-10(6-7-14)13(17)16-9-12-4-2-11(8-15)3-5-12/h2-5,10H,6-7,9,14H2,1H3,(H,16,17). The van der Waals surface area contributed by atoms with Crippen LogP contribution in [-0.4, -0.2) is 12.5 Å². The normalized spacial score (nSPS) is 11.6. The van der Waals surface area contributed by atoms with E-state index in [1.165, 1.54) is 0 Å². The molecule has 0 fully saturated rings. The van der Waals surface area contributed by atoms with Gasteiger partial charge in [0.15, 0.2) is 0 Å². The lowest BCUT2D eigenvalue weighted by molar-refractivity contribution is -0.124. The lowest BCUT2D eigenvalue weighted by Crippen LogP contribution is -2.29. The number of nitrogens with zero attached hydrogens (tertiary/aromatic N) is 1. The Balaban J connectivity index is 2.45. The SMILES string of the molecule is CC(CCN)C(=O)NCc1ccc(C#N)cc1. The van der Waals surface area contributed by atoms with E-state index in [0.717, 1.165) is 5.56 Å². The maximum Gasteiger partial charge on any atom is 0.223 e. The van der Waals surface area contributed by atoms with Crippen molar-refractivity contribution in [2.24, 2.45) is 11.7 Å². The lowest BCUT2D eigenvalue weighted by Gasteiger charge is -2.10. The van der Waals surface area contributed by atoms with Gasteiger partial charge in [-0.1, -0.05) is 19.1 Å². The maximum atomic E-state index is 11.6. The fourth-order valence-electron chi connectivity index (χ4n) is 1.44. The molecule has 1 amide bonds. The number of hydrogen-bond acceptors (Lipinski definition) is 3. The highest BCUT2D eigenvalue weighted by molar-refractivity contribution is 5.78. The summed E-state index contributed by atoms with van der Waals surface area (Å²) in [7, 11) is 0. The molecular formula is C13H17N3O. The van der Waals surface area contributed by atoms with E-state index in [2.05, 4.69) is 11.4 Å². The van der Waals surface area contributed by atoms with E-state index in [9.17, 15) is 4.79 Å². The Morgan fingerprint density at radius 2 is 2.12 bits per heavy atom. The number of nitrogens with two attached hydrogens (primary N) is 1. The summed E-state index contributed by atoms with van der Waals surface area (Å²) < 4.78 is 0. The zero-order valence-electron chi connectivity index (χ0n) is 9.94. The molecule has 0 heterocycles. The predicted molar refractivity (Wildman–Crippen MR) is 65.8 cm³/mol. The molecule has 0 radical (unpaired) electrons. The molecule has 4 heteroatoms. The number of carbonyl (C=O) groups excluding carboxylic acids is 1. The Kier molecular flexibility index (Phi) is 5.18. The first-order valence-electron chi connectivity index (χ1n) is 5.64. The van der Waals surface area contributed by atoms with Crippen LogP contribution in [-0.2, 0) is 11.3 Å². The van der Waals surface area contributed by atoms with Crippen molar-refractivity contribution < 1.29 is 4.79 Å². The summed E-state index contributed by atoms with van der Waals surface area (Å²) in [6.07, 6.45) is 0.694. The maximum absolute atomic E-state index is 11.6. The number of carbonyl (C=O) groups is 1. The van der Waals surface area contributed by atoms with Gasteiger partial charge in [-0.3, -0.25) is 4.79 Å². The first kappa shape index (κ1) is 13.2. The summed E-state index contributed by atoms with van der Waals surface area (Å²) >= 11 is 0. The van der Waals surface area contributed by atoms with Gasteiger partial charge >= 0.3 is 0 Å². The number of rotatable bonds is 5. The molecule has 1 aromatic carbocycles. The molecule has 0 aliphatic rings. The summed E-state index contributed by atoms with van der Waals surface area (Å²) in [6.45, 7) is 2.87. The van der Waals surface area contributed by atoms with Gasteiger partial charge < -0.3 is 11.1 Å². The van der Waals surface area contributed by atoms with Gasteiger partial charge in [0.05, 0.1) is 11.6 Å². The van der Waals surface area contributed by atoms with Crippen molar-refractivity contribution in [2.45, 2.75) is 19.9 Å². The topological polar surface area (TPSA) is 78.9 Å². The molecule has 0 aromatic heterocycles. The molecule has 1 aromatic rings. The number of nitrogens with one attached hydrogen (secondary N) is 1. The molecule has 4 nitrogen and oxygen atoms in total. The second-order valence-electron chi connectivity index (χ2n) is 4.00. The number of nitriles is 1. The highest BCUT2D eigenvalue weighted by Crippen LogP contribution is 2.04. The Hall–Kier alpha value is -1.86. The molecule has 1 rings (SSSR count). The van der Waals surface area contributed by atoms with Crippen LogP contribution in [0.3, 0.4) is 0 Å². The number of benzene rings is 1. The fourth-order valence-corrected chi connectivity index (χ4v) is 1.44. The number of amides is 1. The predicted octanol–water partition coefficient (Wildman–Crippen LogP) is 1.16. The molecule has 17 heavy (non-hydrogen) atoms. The number of hydrogen-bond donors (Lipinski definition) is 2. The Bertz CT molecular complexity index is 406. The minimum atomic E-state index is -0.0571. The van der Waals surface area contributed by atoms with Crippen LogP contribution >= 0.6 is 0 Å². The quantitative estimate of drug-likeness (QED) is 0.798. The van der Waals surface area contributed by atoms with Crippen molar-refractivity contribution in [3.8, 4) is 6.07 Å². The van der Waals surface area contributed by atoms with Crippen LogP contribution in [0.2, 0.25) is 0 Å². The van der Waals surface area contributed by atoms with E-state index in [0.29, 0.717) is 25.1 Å². The molecule has 0 spiro atoms. The zero-order valence-corrected chi connectivity index (χ0v) is 9.94. The van der Waals surface area contributed by atoms with Gasteiger partial charge in [-0.2, -0.15) is 5.26 Å². The second-order valence-corrected chi connectivity index (χ2v) is 4.00. The molecule has 0 saturated heterocycles. The highest BCUT2D eigenvalue weighted by atomic mass is 16.1. The van der Waals surface area contributed by atoms with Crippen molar-refractivity contribution in [1.82, 2.24) is 5.32 Å². The minimum absolute atomic E-state index is 0.0137. The minimum Gasteiger partial charge on any atom is -0.352 e. The Labute approximate surface area is 101 Å². The van der Waals surface area contributed by atoms with Crippen molar-refractivity contribution in [3.05, 3.63) is 35.4 Å². The summed E-state index contributed by atoms with van der Waals surface area (Å²) in [5, 5.41) is 11.5. The molecular weight excluding hydrogens is 214 g/mol. The van der Waals surface area contributed by atoms with Crippen LogP contribution in [0.5, 0.6) is 0 Å². The fraction of sp³-hybridized carbons (Fsp3) is 0.385. The molecule has 1 unspecified atom stereocenters. The molecule has 0 bridgehead atoms. The van der Waals surface area contributed by atoms with Crippen molar-refractivity contribution in [2.75, 3.05) is 6.54 Å². The molecule has 3 N–H and O–H groups in total. The zero-order chi connectivity index (χ0) is 12.7. The van der Waals surface area contributed by atoms with E-state index >= 15 is 0 Å². The van der Waals surface area contributed by atoms with Gasteiger partial charge in [0.25, 0.3) is 0 Å². The molecule has 90 valence electrons. The Morgan fingerprint density at radius 1 is 1.47 bits per heavy atom. The molecule has 1 atom stereocenters. The van der Waals surface area contributed by atoms with E-state index < -0.39 is 0 Å². The van der Waals surface area contributed by atoms with Crippen LogP contribution < -0.4 is 11.1 Å². The largest absolute Gasteiger partial charge is 0.352 e.